The Morgan fingerprint density at radius 3 is 2.67 bits per heavy atom. The van der Waals surface area contributed by atoms with Crippen molar-refractivity contribution in [3.63, 3.8) is 0 Å². The molecule has 2 nitrogen and oxygen atoms in total. The van der Waals surface area contributed by atoms with Gasteiger partial charge in [-0.25, -0.2) is 8.78 Å². The molecule has 0 amide bonds. The summed E-state index contributed by atoms with van der Waals surface area (Å²) in [7, 11) is 1.77. The lowest BCUT2D eigenvalue weighted by atomic mass is 10.1. The molecule has 2 rings (SSSR count). The highest BCUT2D eigenvalue weighted by molar-refractivity contribution is 6.30. The van der Waals surface area contributed by atoms with Crippen molar-refractivity contribution in [1.29, 1.82) is 0 Å². The zero-order chi connectivity index (χ0) is 15.4. The van der Waals surface area contributed by atoms with E-state index in [-0.39, 0.29) is 24.3 Å². The summed E-state index contributed by atoms with van der Waals surface area (Å²) in [5, 5.41) is 3.47. The minimum Gasteiger partial charge on any atom is -0.488 e. The highest BCUT2D eigenvalue weighted by Gasteiger charge is 2.12. The second kappa shape index (κ2) is 6.87. The van der Waals surface area contributed by atoms with Crippen LogP contribution in [-0.4, -0.2) is 7.05 Å². The number of benzene rings is 2. The molecule has 0 aliphatic rings. The van der Waals surface area contributed by atoms with Crippen LogP contribution in [-0.2, 0) is 6.61 Å². The van der Waals surface area contributed by atoms with E-state index in [0.717, 1.165) is 0 Å². The van der Waals surface area contributed by atoms with E-state index >= 15 is 0 Å². The summed E-state index contributed by atoms with van der Waals surface area (Å²) < 4.78 is 32.6. The Kier molecular flexibility index (Phi) is 5.15. The van der Waals surface area contributed by atoms with Gasteiger partial charge in [-0.2, -0.15) is 0 Å². The van der Waals surface area contributed by atoms with Gasteiger partial charge in [0, 0.05) is 22.2 Å². The van der Waals surface area contributed by atoms with Crippen LogP contribution in [0.25, 0.3) is 0 Å². The van der Waals surface area contributed by atoms with Gasteiger partial charge in [0.25, 0.3) is 0 Å². The number of rotatable bonds is 5. The molecule has 1 N–H and O–H groups in total. The largest absolute Gasteiger partial charge is 0.488 e. The molecule has 0 spiro atoms. The highest BCUT2D eigenvalue weighted by atomic mass is 35.5. The minimum absolute atomic E-state index is 0.0292. The van der Waals surface area contributed by atoms with Gasteiger partial charge in [0.15, 0.2) is 0 Å². The Morgan fingerprint density at radius 2 is 1.95 bits per heavy atom. The molecule has 5 heteroatoms. The monoisotopic (exact) mass is 311 g/mol. The fourth-order valence-corrected chi connectivity index (χ4v) is 2.15. The number of hydrogen-bond acceptors (Lipinski definition) is 2. The number of nitrogens with one attached hydrogen (secondary N) is 1. The molecule has 0 bridgehead atoms. The first-order valence-electron chi connectivity index (χ1n) is 6.54. The van der Waals surface area contributed by atoms with Gasteiger partial charge in [-0.05, 0) is 50.4 Å². The van der Waals surface area contributed by atoms with Crippen molar-refractivity contribution >= 4 is 11.6 Å². The van der Waals surface area contributed by atoms with Gasteiger partial charge in [0.05, 0.1) is 0 Å². The average Bonchev–Trinajstić information content (AvgIpc) is 2.48. The molecule has 21 heavy (non-hydrogen) atoms. The van der Waals surface area contributed by atoms with Crippen LogP contribution in [0.1, 0.15) is 24.1 Å². The van der Waals surface area contributed by atoms with Gasteiger partial charge in [-0.15, -0.1) is 0 Å². The molecule has 0 aromatic heterocycles. The second-order valence-electron chi connectivity index (χ2n) is 4.72. The zero-order valence-corrected chi connectivity index (χ0v) is 12.5. The highest BCUT2D eigenvalue weighted by Crippen LogP contribution is 2.27. The van der Waals surface area contributed by atoms with Gasteiger partial charge < -0.3 is 10.1 Å². The Bertz CT molecular complexity index is 634. The maximum Gasteiger partial charge on any atom is 0.129 e. The molecule has 0 saturated heterocycles. The third-order valence-corrected chi connectivity index (χ3v) is 3.50. The minimum atomic E-state index is -0.385. The van der Waals surface area contributed by atoms with E-state index in [1.54, 1.807) is 13.1 Å². The predicted octanol–water partition coefficient (Wildman–Crippen LogP) is 4.48. The van der Waals surface area contributed by atoms with E-state index in [0.29, 0.717) is 21.9 Å². The van der Waals surface area contributed by atoms with E-state index in [2.05, 4.69) is 5.32 Å². The molecule has 112 valence electrons. The average molecular weight is 312 g/mol. The lowest BCUT2D eigenvalue weighted by Crippen LogP contribution is -2.14. The van der Waals surface area contributed by atoms with E-state index < -0.39 is 0 Å². The third-order valence-electron chi connectivity index (χ3n) is 3.26. The Balaban J connectivity index is 2.21. The molecular formula is C16H16ClF2NO. The summed E-state index contributed by atoms with van der Waals surface area (Å²) in [6, 6.07) is 8.47. The summed E-state index contributed by atoms with van der Waals surface area (Å²) in [5.74, 6) is -0.212. The van der Waals surface area contributed by atoms with Gasteiger partial charge in [-0.3, -0.25) is 0 Å². The molecule has 0 aliphatic heterocycles. The van der Waals surface area contributed by atoms with E-state index in [4.69, 9.17) is 16.3 Å². The molecule has 1 unspecified atom stereocenters. The zero-order valence-electron chi connectivity index (χ0n) is 11.8. The maximum absolute atomic E-state index is 13.7. The fraction of sp³-hybridized carbons (Fsp3) is 0.250. The van der Waals surface area contributed by atoms with Crippen LogP contribution in [0.3, 0.4) is 0 Å². The summed E-state index contributed by atoms with van der Waals surface area (Å²) in [6.07, 6.45) is 0. The van der Waals surface area contributed by atoms with Crippen molar-refractivity contribution in [2.45, 2.75) is 19.6 Å². The fourth-order valence-electron chi connectivity index (χ4n) is 1.95. The summed E-state index contributed by atoms with van der Waals surface area (Å²) in [5.41, 5.74) is 1.04. The standard InChI is InChI=1S/C16H16ClF2NO/c1-10(20-2)14-8-13(18)4-6-16(14)21-9-11-7-12(17)3-5-15(11)19/h3-8,10,20H,9H2,1-2H3. The Labute approximate surface area is 127 Å². The van der Waals surface area contributed by atoms with Crippen LogP contribution in [0, 0.1) is 11.6 Å². The van der Waals surface area contributed by atoms with Gasteiger partial charge in [-0.1, -0.05) is 11.6 Å². The van der Waals surface area contributed by atoms with E-state index in [9.17, 15) is 8.78 Å². The summed E-state index contributed by atoms with van der Waals surface area (Å²) in [6.45, 7) is 1.92. The summed E-state index contributed by atoms with van der Waals surface area (Å²) in [4.78, 5) is 0. The van der Waals surface area contributed by atoms with Crippen LogP contribution < -0.4 is 10.1 Å². The lowest BCUT2D eigenvalue weighted by Gasteiger charge is -2.17. The first-order chi connectivity index (χ1) is 10.0. The normalized spacial score (nSPS) is 12.2. The van der Waals surface area contributed by atoms with Gasteiger partial charge in [0.1, 0.15) is 24.0 Å². The van der Waals surface area contributed by atoms with Crippen molar-refractivity contribution in [2.24, 2.45) is 0 Å². The van der Waals surface area contributed by atoms with E-state index in [1.807, 2.05) is 6.92 Å². The molecule has 2 aromatic carbocycles. The number of ether oxygens (including phenoxy) is 1. The smallest absolute Gasteiger partial charge is 0.129 e. The van der Waals surface area contributed by atoms with Crippen LogP contribution >= 0.6 is 11.6 Å². The van der Waals surface area contributed by atoms with Crippen LogP contribution in [0.15, 0.2) is 36.4 Å². The first kappa shape index (κ1) is 15.7. The molecule has 1 atom stereocenters. The molecule has 0 heterocycles. The van der Waals surface area contributed by atoms with Gasteiger partial charge in [0.2, 0.25) is 0 Å². The maximum atomic E-state index is 13.7. The van der Waals surface area contributed by atoms with Crippen LogP contribution in [0.2, 0.25) is 5.02 Å². The summed E-state index contributed by atoms with van der Waals surface area (Å²) >= 11 is 5.84. The van der Waals surface area contributed by atoms with Crippen molar-refractivity contribution in [2.75, 3.05) is 7.05 Å². The van der Waals surface area contributed by atoms with Crippen molar-refractivity contribution < 1.29 is 13.5 Å². The molecule has 0 radical (unpaired) electrons. The van der Waals surface area contributed by atoms with Crippen molar-refractivity contribution in [3.05, 3.63) is 64.2 Å². The van der Waals surface area contributed by atoms with Crippen LogP contribution in [0.4, 0.5) is 8.78 Å². The molecule has 2 aromatic rings. The van der Waals surface area contributed by atoms with Crippen molar-refractivity contribution in [3.8, 4) is 5.75 Å². The molecule has 0 saturated carbocycles. The third kappa shape index (κ3) is 3.93. The van der Waals surface area contributed by atoms with Crippen LogP contribution in [0.5, 0.6) is 5.75 Å². The lowest BCUT2D eigenvalue weighted by molar-refractivity contribution is 0.293. The SMILES string of the molecule is CNC(C)c1cc(F)ccc1OCc1cc(Cl)ccc1F. The molecule has 0 aliphatic carbocycles. The molecular weight excluding hydrogens is 296 g/mol. The molecule has 0 fully saturated rings. The quantitative estimate of drug-likeness (QED) is 0.879. The Morgan fingerprint density at radius 1 is 1.19 bits per heavy atom. The topological polar surface area (TPSA) is 21.3 Å². The van der Waals surface area contributed by atoms with E-state index in [1.165, 1.54) is 30.3 Å². The Hall–Kier alpha value is -1.65. The predicted molar refractivity (Wildman–Crippen MR) is 79.6 cm³/mol. The number of hydrogen-bond donors (Lipinski definition) is 1. The second-order valence-corrected chi connectivity index (χ2v) is 5.15. The first-order valence-corrected chi connectivity index (χ1v) is 6.92. The van der Waals surface area contributed by atoms with Gasteiger partial charge >= 0.3 is 0 Å². The number of halogens is 3. The van der Waals surface area contributed by atoms with Crippen molar-refractivity contribution in [1.82, 2.24) is 5.32 Å².